The zero-order valence-corrected chi connectivity index (χ0v) is 48.5. The summed E-state index contributed by atoms with van der Waals surface area (Å²) in [5, 5.41) is 19.2. The molecule has 0 saturated carbocycles. The van der Waals surface area contributed by atoms with Gasteiger partial charge >= 0.3 is 11.9 Å². The molecule has 1 saturated heterocycles. The predicted molar refractivity (Wildman–Crippen MR) is 311 cm³/mol. The number of carbonyl (C=O) groups excluding carboxylic acids is 2. The van der Waals surface area contributed by atoms with Gasteiger partial charge in [0, 0.05) is 0 Å². The maximum atomic E-state index is 12.5. The van der Waals surface area contributed by atoms with Crippen LogP contribution < -0.4 is 0 Å². The lowest BCUT2D eigenvalue weighted by atomic mass is 9.92. The number of esters is 2. The summed E-state index contributed by atoms with van der Waals surface area (Å²) in [5.41, 5.74) is -1.12. The highest BCUT2D eigenvalue weighted by molar-refractivity contribution is 5.80. The van der Waals surface area contributed by atoms with Gasteiger partial charge in [0.25, 0.3) is 0 Å². The van der Waals surface area contributed by atoms with Crippen LogP contribution in [0.4, 0.5) is 0 Å². The van der Waals surface area contributed by atoms with E-state index >= 15 is 0 Å². The Balaban J connectivity index is 1.67. The molecule has 0 aromatic heterocycles. The summed E-state index contributed by atoms with van der Waals surface area (Å²) in [7, 11) is 0. The molecule has 1 unspecified atom stereocenters. The third kappa shape index (κ3) is 47.1. The van der Waals surface area contributed by atoms with Gasteiger partial charge in [-0.3, -0.25) is 9.59 Å². The second-order valence-corrected chi connectivity index (χ2v) is 23.5. The molecule has 426 valence electrons. The SMILES string of the molecule is CCCCCCCCCCC/C=C/CCCCCCCCCCCCCCCCCCCCCCCCCCCCCCCCCCCCCCCCCCCCC1CC(=O)OCC(CO)(CO)COC1=O. The lowest BCUT2D eigenvalue weighted by Crippen LogP contribution is -2.40. The lowest BCUT2D eigenvalue weighted by Gasteiger charge is -2.27. The summed E-state index contributed by atoms with van der Waals surface area (Å²) in [5.74, 6) is -1.40. The molecule has 2 N–H and O–H groups in total. The number of allylic oxidation sites excluding steroid dienone is 2. The van der Waals surface area contributed by atoms with Crippen LogP contribution >= 0.6 is 0 Å². The Morgan fingerprint density at radius 1 is 0.361 bits per heavy atom. The number of carbonyl (C=O) groups is 2. The van der Waals surface area contributed by atoms with Gasteiger partial charge in [-0.05, 0) is 32.1 Å². The molecule has 72 heavy (non-hydrogen) atoms. The third-order valence-electron chi connectivity index (χ3n) is 16.3. The van der Waals surface area contributed by atoms with Gasteiger partial charge in [0.15, 0.2) is 0 Å². The fourth-order valence-corrected chi connectivity index (χ4v) is 10.9. The number of unbranched alkanes of at least 4 members (excludes halogenated alkanes) is 51. The zero-order valence-electron chi connectivity index (χ0n) is 48.5. The molecule has 0 radical (unpaired) electrons. The Morgan fingerprint density at radius 2 is 0.597 bits per heavy atom. The number of aliphatic hydroxyl groups excluding tert-OH is 2. The first-order valence-corrected chi connectivity index (χ1v) is 32.8. The fourth-order valence-electron chi connectivity index (χ4n) is 10.9. The molecule has 1 atom stereocenters. The Kier molecular flexibility index (Phi) is 53.2. The van der Waals surface area contributed by atoms with Crippen molar-refractivity contribution in [1.82, 2.24) is 0 Å². The molecule has 0 spiro atoms. The fraction of sp³-hybridized carbons (Fsp3) is 0.939. The highest BCUT2D eigenvalue weighted by Crippen LogP contribution is 2.25. The van der Waals surface area contributed by atoms with Gasteiger partial charge in [-0.1, -0.05) is 334 Å². The number of hydrogen-bond acceptors (Lipinski definition) is 6. The molecule has 1 heterocycles. The van der Waals surface area contributed by atoms with E-state index in [1.54, 1.807) is 0 Å². The lowest BCUT2D eigenvalue weighted by molar-refractivity contribution is -0.155. The van der Waals surface area contributed by atoms with Gasteiger partial charge in [-0.2, -0.15) is 0 Å². The second kappa shape index (κ2) is 55.8. The monoisotopic (exact) mass is 1010 g/mol. The molecule has 0 amide bonds. The van der Waals surface area contributed by atoms with E-state index in [1.807, 2.05) is 0 Å². The summed E-state index contributed by atoms with van der Waals surface area (Å²) < 4.78 is 10.6. The van der Waals surface area contributed by atoms with E-state index in [9.17, 15) is 19.8 Å². The molecule has 6 nitrogen and oxygen atoms in total. The molecule has 1 fully saturated rings. The minimum Gasteiger partial charge on any atom is -0.465 e. The Morgan fingerprint density at radius 3 is 0.861 bits per heavy atom. The van der Waals surface area contributed by atoms with E-state index in [0.29, 0.717) is 6.42 Å². The van der Waals surface area contributed by atoms with E-state index in [2.05, 4.69) is 19.1 Å². The van der Waals surface area contributed by atoms with Crippen LogP contribution in [0.2, 0.25) is 0 Å². The van der Waals surface area contributed by atoms with Crippen LogP contribution in [0, 0.1) is 11.3 Å². The highest BCUT2D eigenvalue weighted by atomic mass is 16.6. The summed E-state index contributed by atoms with van der Waals surface area (Å²) in [6.07, 6.45) is 80.1. The summed E-state index contributed by atoms with van der Waals surface area (Å²) >= 11 is 0. The van der Waals surface area contributed by atoms with E-state index in [0.717, 1.165) is 19.3 Å². The molecular formula is C66H126O6. The first kappa shape index (κ1) is 68.6. The molecule has 0 aromatic rings. The Hall–Kier alpha value is -1.40. The van der Waals surface area contributed by atoms with Gasteiger partial charge in [-0.15, -0.1) is 0 Å². The molecule has 1 aliphatic rings. The zero-order chi connectivity index (χ0) is 51.8. The van der Waals surface area contributed by atoms with Crippen molar-refractivity contribution in [2.24, 2.45) is 11.3 Å². The van der Waals surface area contributed by atoms with Crippen LogP contribution in [0.25, 0.3) is 0 Å². The maximum Gasteiger partial charge on any atom is 0.309 e. The molecule has 1 rings (SSSR count). The van der Waals surface area contributed by atoms with E-state index in [4.69, 9.17) is 9.47 Å². The first-order valence-electron chi connectivity index (χ1n) is 32.8. The first-order chi connectivity index (χ1) is 35.6. The van der Waals surface area contributed by atoms with Gasteiger partial charge < -0.3 is 19.7 Å². The van der Waals surface area contributed by atoms with E-state index in [1.165, 1.54) is 321 Å². The number of rotatable bonds is 57. The summed E-state index contributed by atoms with van der Waals surface area (Å²) in [6, 6.07) is 0. The number of hydrogen-bond donors (Lipinski definition) is 2. The molecule has 0 bridgehead atoms. The van der Waals surface area contributed by atoms with Crippen molar-refractivity contribution in [2.45, 2.75) is 360 Å². The molecule has 1 aliphatic heterocycles. The van der Waals surface area contributed by atoms with Crippen molar-refractivity contribution in [3.63, 3.8) is 0 Å². The van der Waals surface area contributed by atoms with Crippen molar-refractivity contribution in [3.05, 3.63) is 12.2 Å². The van der Waals surface area contributed by atoms with Crippen LogP contribution in [0.3, 0.4) is 0 Å². The average Bonchev–Trinajstić information content (AvgIpc) is 3.45. The van der Waals surface area contributed by atoms with Gasteiger partial charge in [0.2, 0.25) is 0 Å². The van der Waals surface area contributed by atoms with Gasteiger partial charge in [-0.25, -0.2) is 0 Å². The van der Waals surface area contributed by atoms with Crippen LogP contribution in [0.5, 0.6) is 0 Å². The Bertz CT molecular complexity index is 1130. The number of aliphatic hydroxyl groups is 2. The van der Waals surface area contributed by atoms with Crippen molar-refractivity contribution in [2.75, 3.05) is 26.4 Å². The maximum absolute atomic E-state index is 12.5. The number of ether oxygens (including phenoxy) is 2. The largest absolute Gasteiger partial charge is 0.465 e. The van der Waals surface area contributed by atoms with Gasteiger partial charge in [0.05, 0.1) is 31.0 Å². The number of cyclic esters (lactones) is 2. The third-order valence-corrected chi connectivity index (χ3v) is 16.3. The second-order valence-electron chi connectivity index (χ2n) is 23.5. The minimum absolute atomic E-state index is 0.00514. The minimum atomic E-state index is -1.12. The van der Waals surface area contributed by atoms with Crippen molar-refractivity contribution in [1.29, 1.82) is 0 Å². The standard InChI is InChI=1S/C66H126O6/c1-2-3-4-5-6-7-8-9-10-11-12-13-14-15-16-17-18-19-20-21-22-23-24-25-26-27-28-29-30-31-32-33-34-35-36-37-38-39-40-41-42-43-44-45-46-47-48-49-50-51-52-53-54-55-56-57-63-58-64(69)71-61-66(59-67,60-68)62-72-65(63)70/h12-13,63,67-68H,2-11,14-62H2,1H3/b13-12+. The molecule has 0 aliphatic carbocycles. The molecule has 0 aromatic carbocycles. The quantitative estimate of drug-likeness (QED) is 0.0358. The van der Waals surface area contributed by atoms with Crippen molar-refractivity contribution in [3.8, 4) is 0 Å². The molecule has 6 heteroatoms. The topological polar surface area (TPSA) is 93.1 Å². The highest BCUT2D eigenvalue weighted by Gasteiger charge is 2.36. The van der Waals surface area contributed by atoms with Crippen molar-refractivity contribution < 1.29 is 29.3 Å². The van der Waals surface area contributed by atoms with Crippen LogP contribution in [0.1, 0.15) is 360 Å². The average molecular weight is 1020 g/mol. The van der Waals surface area contributed by atoms with Crippen LogP contribution in [-0.4, -0.2) is 48.6 Å². The summed E-state index contributed by atoms with van der Waals surface area (Å²) in [6.45, 7) is 1.21. The Labute approximate surface area is 449 Å². The normalized spacial score (nSPS) is 15.2. The summed E-state index contributed by atoms with van der Waals surface area (Å²) in [4.78, 5) is 24.7. The van der Waals surface area contributed by atoms with Crippen molar-refractivity contribution >= 4 is 11.9 Å². The van der Waals surface area contributed by atoms with Gasteiger partial charge in [0.1, 0.15) is 13.2 Å². The predicted octanol–water partition coefficient (Wildman–Crippen LogP) is 20.7. The van der Waals surface area contributed by atoms with E-state index < -0.39 is 36.5 Å². The molecular weight excluding hydrogens is 889 g/mol. The smallest absolute Gasteiger partial charge is 0.309 e. The van der Waals surface area contributed by atoms with E-state index in [-0.39, 0.29) is 19.6 Å². The van der Waals surface area contributed by atoms with Crippen LogP contribution in [0.15, 0.2) is 12.2 Å². The van der Waals surface area contributed by atoms with Crippen LogP contribution in [-0.2, 0) is 19.1 Å².